The van der Waals surface area contributed by atoms with Gasteiger partial charge in [0.2, 0.25) is 0 Å². The smallest absolute Gasteiger partial charge is 0.336 e. The van der Waals surface area contributed by atoms with Crippen molar-refractivity contribution < 1.29 is 12.8 Å². The number of fused-ring (bicyclic) bond motifs is 1. The summed E-state index contributed by atoms with van der Waals surface area (Å²) in [6, 6.07) is 15.9. The lowest BCUT2D eigenvalue weighted by Gasteiger charge is -2.07. The predicted octanol–water partition coefficient (Wildman–Crippen LogP) is 4.62. The molecule has 0 fully saturated rings. The van der Waals surface area contributed by atoms with Gasteiger partial charge in [0, 0.05) is 17.7 Å². The first-order valence-corrected chi connectivity index (χ1v) is 10.7. The zero-order valence-corrected chi connectivity index (χ0v) is 16.1. The molecular formula is C23H18O4S. The van der Waals surface area contributed by atoms with E-state index in [4.69, 9.17) is 4.42 Å². The Morgan fingerprint density at radius 1 is 0.964 bits per heavy atom. The maximum absolute atomic E-state index is 12.0. The average Bonchev–Trinajstić information content (AvgIpc) is 2.93. The van der Waals surface area contributed by atoms with Crippen molar-refractivity contribution in [2.24, 2.45) is 0 Å². The molecule has 0 amide bonds. The van der Waals surface area contributed by atoms with Crippen LogP contribution in [0.15, 0.2) is 93.0 Å². The molecule has 1 aliphatic rings. The lowest BCUT2D eigenvalue weighted by Crippen LogP contribution is -2.00. The van der Waals surface area contributed by atoms with Gasteiger partial charge in [-0.1, -0.05) is 54.6 Å². The molecule has 0 atom stereocenters. The summed E-state index contributed by atoms with van der Waals surface area (Å²) in [5, 5.41) is 0.899. The molecule has 2 aromatic carbocycles. The van der Waals surface area contributed by atoms with Crippen LogP contribution in [-0.2, 0) is 9.84 Å². The second kappa shape index (κ2) is 7.09. The van der Waals surface area contributed by atoms with E-state index in [0.717, 1.165) is 27.7 Å². The van der Waals surface area contributed by atoms with Crippen molar-refractivity contribution in [2.75, 3.05) is 6.26 Å². The Balaban J connectivity index is 1.76. The second-order valence-corrected chi connectivity index (χ2v) is 8.71. The Morgan fingerprint density at radius 2 is 1.71 bits per heavy atom. The summed E-state index contributed by atoms with van der Waals surface area (Å²) >= 11 is 0. The van der Waals surface area contributed by atoms with Gasteiger partial charge in [-0.25, -0.2) is 13.2 Å². The molecule has 0 aliphatic heterocycles. The minimum atomic E-state index is -3.22. The first-order valence-electron chi connectivity index (χ1n) is 8.83. The number of sulfone groups is 1. The van der Waals surface area contributed by atoms with E-state index in [2.05, 4.69) is 0 Å². The van der Waals surface area contributed by atoms with Crippen LogP contribution in [0.25, 0.3) is 22.1 Å². The third-order valence-electron chi connectivity index (χ3n) is 4.71. The second-order valence-electron chi connectivity index (χ2n) is 6.69. The quantitative estimate of drug-likeness (QED) is 0.612. The first-order chi connectivity index (χ1) is 13.4. The Morgan fingerprint density at radius 3 is 2.46 bits per heavy atom. The fraction of sp³-hybridized carbons (Fsp3) is 0.0870. The zero-order valence-electron chi connectivity index (χ0n) is 15.3. The molecule has 1 aromatic heterocycles. The number of hydrogen-bond acceptors (Lipinski definition) is 4. The molecule has 0 saturated carbocycles. The van der Waals surface area contributed by atoms with Crippen molar-refractivity contribution in [1.82, 2.24) is 0 Å². The molecule has 0 radical (unpaired) electrons. The van der Waals surface area contributed by atoms with Crippen LogP contribution in [0.5, 0.6) is 0 Å². The summed E-state index contributed by atoms with van der Waals surface area (Å²) in [7, 11) is -3.22. The summed E-state index contributed by atoms with van der Waals surface area (Å²) in [5.74, 6) is 0. The summed E-state index contributed by atoms with van der Waals surface area (Å²) in [6.07, 6.45) is 9.90. The lowest BCUT2D eigenvalue weighted by molar-refractivity contribution is 0.560. The van der Waals surface area contributed by atoms with E-state index in [0.29, 0.717) is 16.9 Å². The molecule has 0 unspecified atom stereocenters. The van der Waals surface area contributed by atoms with Gasteiger partial charge in [-0.15, -0.1) is 0 Å². The largest absolute Gasteiger partial charge is 0.423 e. The zero-order chi connectivity index (χ0) is 19.7. The van der Waals surface area contributed by atoms with E-state index in [9.17, 15) is 13.2 Å². The number of allylic oxidation sites excluding steroid dienone is 6. The number of para-hydroxylation sites is 1. The predicted molar refractivity (Wildman–Crippen MR) is 112 cm³/mol. The molecule has 4 nitrogen and oxygen atoms in total. The van der Waals surface area contributed by atoms with Crippen LogP contribution in [0.2, 0.25) is 0 Å². The van der Waals surface area contributed by atoms with Crippen LogP contribution in [-0.4, -0.2) is 14.7 Å². The first kappa shape index (κ1) is 18.2. The van der Waals surface area contributed by atoms with Gasteiger partial charge in [0.05, 0.1) is 4.90 Å². The SMILES string of the molecule is CS(=O)(=O)c1ccc(C2=CC=C(c3cc(=O)oc4ccccc34)CC=C2)cc1. The average molecular weight is 390 g/mol. The van der Waals surface area contributed by atoms with Crippen LogP contribution in [0, 0.1) is 0 Å². The fourth-order valence-corrected chi connectivity index (χ4v) is 3.92. The van der Waals surface area contributed by atoms with Crippen LogP contribution < -0.4 is 5.63 Å². The molecule has 0 saturated heterocycles. The molecule has 0 spiro atoms. The van der Waals surface area contributed by atoms with Gasteiger partial charge in [-0.2, -0.15) is 0 Å². The summed E-state index contributed by atoms with van der Waals surface area (Å²) in [4.78, 5) is 12.3. The summed E-state index contributed by atoms with van der Waals surface area (Å²) in [6.45, 7) is 0. The van der Waals surface area contributed by atoms with E-state index in [1.54, 1.807) is 30.3 Å². The molecule has 5 heteroatoms. The standard InChI is InChI=1S/C23H18O4S/c1-28(25,26)19-13-11-17(12-14-19)16-5-4-6-18(10-9-16)21-15-23(24)27-22-8-3-2-7-20(21)22/h2-5,7-15H,6H2,1H3. The highest BCUT2D eigenvalue weighted by atomic mass is 32.2. The number of benzene rings is 2. The monoisotopic (exact) mass is 390 g/mol. The molecule has 28 heavy (non-hydrogen) atoms. The van der Waals surface area contributed by atoms with Gasteiger partial charge in [0.15, 0.2) is 9.84 Å². The van der Waals surface area contributed by atoms with Gasteiger partial charge in [0.25, 0.3) is 0 Å². The van der Waals surface area contributed by atoms with Crippen LogP contribution in [0.1, 0.15) is 17.5 Å². The van der Waals surface area contributed by atoms with Gasteiger partial charge in [-0.3, -0.25) is 0 Å². The van der Waals surface area contributed by atoms with E-state index < -0.39 is 9.84 Å². The van der Waals surface area contributed by atoms with Crippen molar-refractivity contribution in [2.45, 2.75) is 11.3 Å². The van der Waals surface area contributed by atoms with Crippen molar-refractivity contribution in [1.29, 1.82) is 0 Å². The number of hydrogen-bond donors (Lipinski definition) is 0. The van der Waals surface area contributed by atoms with Gasteiger partial charge in [-0.05, 0) is 46.9 Å². The third kappa shape index (κ3) is 3.62. The van der Waals surface area contributed by atoms with Gasteiger partial charge < -0.3 is 4.42 Å². The van der Waals surface area contributed by atoms with E-state index >= 15 is 0 Å². The molecule has 140 valence electrons. The van der Waals surface area contributed by atoms with E-state index in [1.807, 2.05) is 42.5 Å². The van der Waals surface area contributed by atoms with Crippen molar-refractivity contribution in [3.05, 3.63) is 100 Å². The third-order valence-corrected chi connectivity index (χ3v) is 5.84. The highest BCUT2D eigenvalue weighted by Crippen LogP contribution is 2.30. The van der Waals surface area contributed by atoms with Gasteiger partial charge >= 0.3 is 5.63 Å². The van der Waals surface area contributed by atoms with Crippen molar-refractivity contribution in [3.8, 4) is 0 Å². The molecule has 0 bridgehead atoms. The van der Waals surface area contributed by atoms with Crippen molar-refractivity contribution >= 4 is 32.0 Å². The molecular weight excluding hydrogens is 372 g/mol. The maximum atomic E-state index is 12.0. The van der Waals surface area contributed by atoms with Gasteiger partial charge in [0.1, 0.15) is 5.58 Å². The highest BCUT2D eigenvalue weighted by Gasteiger charge is 2.11. The lowest BCUT2D eigenvalue weighted by atomic mass is 9.99. The minimum absolute atomic E-state index is 0.299. The normalized spacial score (nSPS) is 14.5. The Labute approximate surface area is 163 Å². The van der Waals surface area contributed by atoms with Crippen LogP contribution >= 0.6 is 0 Å². The van der Waals surface area contributed by atoms with Crippen LogP contribution in [0.3, 0.4) is 0 Å². The van der Waals surface area contributed by atoms with E-state index in [-0.39, 0.29) is 5.63 Å². The topological polar surface area (TPSA) is 64.3 Å². The minimum Gasteiger partial charge on any atom is -0.423 e. The fourth-order valence-electron chi connectivity index (χ4n) is 3.29. The molecule has 0 N–H and O–H groups in total. The summed E-state index contributed by atoms with van der Waals surface area (Å²) in [5.41, 5.74) is 3.98. The molecule has 1 aliphatic carbocycles. The molecule has 4 rings (SSSR count). The molecule has 1 heterocycles. The Bertz CT molecular complexity index is 1300. The molecule has 3 aromatic rings. The maximum Gasteiger partial charge on any atom is 0.336 e. The highest BCUT2D eigenvalue weighted by molar-refractivity contribution is 7.90. The van der Waals surface area contributed by atoms with Crippen molar-refractivity contribution in [3.63, 3.8) is 0 Å². The Hall–Kier alpha value is -3.18. The van der Waals surface area contributed by atoms with Crippen LogP contribution in [0.4, 0.5) is 0 Å². The number of rotatable bonds is 3. The summed E-state index contributed by atoms with van der Waals surface area (Å²) < 4.78 is 28.6. The van der Waals surface area contributed by atoms with E-state index in [1.165, 1.54) is 12.3 Å². The Kier molecular flexibility index (Phi) is 4.61.